The van der Waals surface area contributed by atoms with Crippen molar-refractivity contribution in [1.82, 2.24) is 9.78 Å². The van der Waals surface area contributed by atoms with E-state index < -0.39 is 5.97 Å². The normalized spacial score (nSPS) is 18.0. The van der Waals surface area contributed by atoms with E-state index in [1.54, 1.807) is 35.2 Å². The van der Waals surface area contributed by atoms with E-state index in [1.807, 2.05) is 56.3 Å². The van der Waals surface area contributed by atoms with Crippen LogP contribution in [0.4, 0.5) is 5.82 Å². The van der Waals surface area contributed by atoms with Crippen molar-refractivity contribution in [2.75, 3.05) is 11.5 Å². The minimum absolute atomic E-state index is 0.0347. The van der Waals surface area contributed by atoms with Gasteiger partial charge >= 0.3 is 5.97 Å². The fourth-order valence-corrected chi connectivity index (χ4v) is 4.64. The molecule has 0 bridgehead atoms. The van der Waals surface area contributed by atoms with Gasteiger partial charge in [-0.25, -0.2) is 9.48 Å². The van der Waals surface area contributed by atoms with Gasteiger partial charge in [0.1, 0.15) is 5.56 Å². The van der Waals surface area contributed by atoms with Crippen LogP contribution in [0.5, 0.6) is 0 Å². The number of benzene rings is 1. The molecule has 0 aliphatic heterocycles. The fourth-order valence-electron chi connectivity index (χ4n) is 4.64. The van der Waals surface area contributed by atoms with E-state index in [0.29, 0.717) is 17.3 Å². The molecule has 0 unspecified atom stereocenters. The first-order valence-corrected chi connectivity index (χ1v) is 12.8. The molecule has 7 heteroatoms. The van der Waals surface area contributed by atoms with Gasteiger partial charge in [-0.05, 0) is 76.1 Å². The van der Waals surface area contributed by atoms with Gasteiger partial charge < -0.3 is 9.15 Å². The number of aromatic nitrogens is 2. The molecule has 7 nitrogen and oxygen atoms in total. The second kappa shape index (κ2) is 11.4. The summed E-state index contributed by atoms with van der Waals surface area (Å²) < 4.78 is 12.1. The Labute approximate surface area is 212 Å². The van der Waals surface area contributed by atoms with Crippen LogP contribution in [0, 0.1) is 11.8 Å². The molecule has 2 aromatic heterocycles. The van der Waals surface area contributed by atoms with Crippen LogP contribution < -0.4 is 4.90 Å². The Morgan fingerprint density at radius 3 is 2.42 bits per heavy atom. The lowest BCUT2D eigenvalue weighted by atomic mass is 9.82. The number of hydrogen-bond acceptors (Lipinski definition) is 5. The lowest BCUT2D eigenvalue weighted by Gasteiger charge is -2.32. The maximum Gasteiger partial charge on any atom is 0.343 e. The quantitative estimate of drug-likeness (QED) is 0.343. The highest BCUT2D eigenvalue weighted by atomic mass is 16.5. The van der Waals surface area contributed by atoms with Crippen LogP contribution in [0.3, 0.4) is 0 Å². The number of furan rings is 1. The summed E-state index contributed by atoms with van der Waals surface area (Å²) in [6.07, 6.45) is 12.8. The van der Waals surface area contributed by atoms with Crippen molar-refractivity contribution < 1.29 is 18.7 Å². The Morgan fingerprint density at radius 1 is 1.11 bits per heavy atom. The lowest BCUT2D eigenvalue weighted by molar-refractivity contribution is -0.124. The van der Waals surface area contributed by atoms with Crippen molar-refractivity contribution >= 4 is 29.8 Å². The van der Waals surface area contributed by atoms with Crippen LogP contribution in [0.2, 0.25) is 0 Å². The molecule has 1 saturated carbocycles. The minimum Gasteiger partial charge on any atom is -0.472 e. The molecule has 3 aromatic rings. The Kier molecular flexibility index (Phi) is 8.08. The van der Waals surface area contributed by atoms with E-state index in [-0.39, 0.29) is 24.5 Å². The number of rotatable bonds is 8. The number of amides is 1. The first-order valence-electron chi connectivity index (χ1n) is 12.8. The first-order chi connectivity index (χ1) is 17.4. The van der Waals surface area contributed by atoms with Crippen molar-refractivity contribution in [2.24, 2.45) is 11.8 Å². The van der Waals surface area contributed by atoms with Gasteiger partial charge in [-0.1, -0.05) is 31.2 Å². The summed E-state index contributed by atoms with van der Waals surface area (Å²) in [6, 6.07) is 9.57. The Morgan fingerprint density at radius 2 is 1.81 bits per heavy atom. The van der Waals surface area contributed by atoms with E-state index in [1.165, 1.54) is 0 Å². The monoisotopic (exact) mass is 489 g/mol. The zero-order valence-corrected chi connectivity index (χ0v) is 21.5. The van der Waals surface area contributed by atoms with Gasteiger partial charge in [-0.3, -0.25) is 9.69 Å². The van der Waals surface area contributed by atoms with E-state index in [2.05, 4.69) is 6.92 Å². The fraction of sp³-hybridized carbons (Fsp3) is 0.414. The minimum atomic E-state index is -0.478. The smallest absolute Gasteiger partial charge is 0.343 e. The van der Waals surface area contributed by atoms with Crippen LogP contribution in [0.1, 0.15) is 74.9 Å². The highest BCUT2D eigenvalue weighted by Gasteiger charge is 2.34. The van der Waals surface area contributed by atoms with Gasteiger partial charge in [-0.2, -0.15) is 0 Å². The van der Waals surface area contributed by atoms with Crippen LogP contribution in [-0.2, 0) is 9.53 Å². The van der Waals surface area contributed by atoms with E-state index in [0.717, 1.165) is 42.5 Å². The summed E-state index contributed by atoms with van der Waals surface area (Å²) in [5.41, 5.74) is 3.09. The van der Waals surface area contributed by atoms with Gasteiger partial charge in [0.2, 0.25) is 5.91 Å². The Bertz CT molecular complexity index is 1180. The SMILES string of the molecule is CCOC(=O)c1cn(-c2ccc(/C=C/c3ccoc3)cc2)nc1N(C(=O)C1CCC(C)CC1)C(C)C. The number of hydrogen-bond donors (Lipinski definition) is 0. The molecule has 2 heterocycles. The second-order valence-electron chi connectivity index (χ2n) is 9.77. The van der Waals surface area contributed by atoms with Crippen LogP contribution in [0.15, 0.2) is 53.5 Å². The van der Waals surface area contributed by atoms with Gasteiger partial charge in [0, 0.05) is 23.7 Å². The van der Waals surface area contributed by atoms with Gasteiger partial charge in [0.15, 0.2) is 5.82 Å². The van der Waals surface area contributed by atoms with Crippen molar-refractivity contribution in [1.29, 1.82) is 0 Å². The molecule has 0 N–H and O–H groups in total. The third-order valence-electron chi connectivity index (χ3n) is 6.71. The molecule has 4 rings (SSSR count). The summed E-state index contributed by atoms with van der Waals surface area (Å²) in [6.45, 7) is 8.17. The third-order valence-corrected chi connectivity index (χ3v) is 6.71. The third kappa shape index (κ3) is 5.78. The maximum atomic E-state index is 13.6. The molecular weight excluding hydrogens is 454 g/mol. The molecule has 1 aliphatic rings. The van der Waals surface area contributed by atoms with Crippen LogP contribution in [-0.4, -0.2) is 34.3 Å². The van der Waals surface area contributed by atoms with Crippen molar-refractivity contribution in [2.45, 2.75) is 59.4 Å². The Hall–Kier alpha value is -3.61. The van der Waals surface area contributed by atoms with E-state index in [9.17, 15) is 9.59 Å². The molecule has 0 spiro atoms. The van der Waals surface area contributed by atoms with Gasteiger partial charge in [0.25, 0.3) is 0 Å². The average molecular weight is 490 g/mol. The summed E-state index contributed by atoms with van der Waals surface area (Å²) in [4.78, 5) is 28.2. The zero-order chi connectivity index (χ0) is 25.7. The molecule has 0 radical (unpaired) electrons. The molecule has 190 valence electrons. The number of esters is 1. The predicted molar refractivity (Wildman–Crippen MR) is 141 cm³/mol. The molecule has 36 heavy (non-hydrogen) atoms. The van der Waals surface area contributed by atoms with E-state index in [4.69, 9.17) is 14.3 Å². The van der Waals surface area contributed by atoms with Crippen molar-refractivity contribution in [3.8, 4) is 5.69 Å². The Balaban J connectivity index is 1.65. The van der Waals surface area contributed by atoms with Crippen molar-refractivity contribution in [3.05, 3.63) is 65.7 Å². The van der Waals surface area contributed by atoms with E-state index >= 15 is 0 Å². The molecule has 1 fully saturated rings. The number of carbonyl (C=O) groups is 2. The highest BCUT2D eigenvalue weighted by Crippen LogP contribution is 2.33. The standard InChI is InChI=1S/C29H35N3O4/c1-5-36-29(34)26-18-31(25-14-10-22(11-15-25)8-9-23-16-17-35-19-23)30-27(26)32(20(2)3)28(33)24-12-6-21(4)7-13-24/h8-11,14-21,24H,5-7,12-13H2,1-4H3/b9-8+. The molecule has 1 aliphatic carbocycles. The molecule has 0 atom stereocenters. The topological polar surface area (TPSA) is 77.6 Å². The lowest BCUT2D eigenvalue weighted by Crippen LogP contribution is -2.43. The molecule has 0 saturated heterocycles. The van der Waals surface area contributed by atoms with Crippen LogP contribution in [0.25, 0.3) is 17.8 Å². The van der Waals surface area contributed by atoms with Gasteiger partial charge in [0.05, 0.1) is 24.8 Å². The van der Waals surface area contributed by atoms with Crippen LogP contribution >= 0.6 is 0 Å². The maximum absolute atomic E-state index is 13.6. The molecule has 1 aromatic carbocycles. The average Bonchev–Trinajstić information content (AvgIpc) is 3.54. The van der Waals surface area contributed by atoms with Gasteiger partial charge in [-0.15, -0.1) is 5.10 Å². The number of carbonyl (C=O) groups excluding carboxylic acids is 2. The predicted octanol–water partition coefficient (Wildman–Crippen LogP) is 6.38. The zero-order valence-electron chi connectivity index (χ0n) is 21.5. The highest BCUT2D eigenvalue weighted by molar-refractivity contribution is 6.02. The van der Waals surface area contributed by atoms with Crippen molar-refractivity contribution in [3.63, 3.8) is 0 Å². The number of nitrogens with zero attached hydrogens (tertiary/aromatic N) is 3. The second-order valence-corrected chi connectivity index (χ2v) is 9.77. The summed E-state index contributed by atoms with van der Waals surface area (Å²) in [5.74, 6) is 0.510. The number of ether oxygens (including phenoxy) is 1. The summed E-state index contributed by atoms with van der Waals surface area (Å²) in [7, 11) is 0. The molecular formula is C29H35N3O4. The summed E-state index contributed by atoms with van der Waals surface area (Å²) in [5, 5.41) is 4.74. The molecule has 1 amide bonds. The first kappa shape index (κ1) is 25.5. The number of anilines is 1. The summed E-state index contributed by atoms with van der Waals surface area (Å²) >= 11 is 0. The largest absolute Gasteiger partial charge is 0.472 e.